The minimum Gasteiger partial charge on any atom is -0.390 e. The van der Waals surface area contributed by atoms with Crippen molar-refractivity contribution < 1.29 is 34.3 Å². The molecule has 8 rings (SSSR count). The third-order valence-electron chi connectivity index (χ3n) is 17.7. The summed E-state index contributed by atoms with van der Waals surface area (Å²) in [5.74, 6) is 1.63. The van der Waals surface area contributed by atoms with Gasteiger partial charge in [0.15, 0.2) is 12.6 Å². The second kappa shape index (κ2) is 12.3. The second-order valence-corrected chi connectivity index (χ2v) is 21.0. The molecule has 5 aliphatic carbocycles. The van der Waals surface area contributed by atoms with E-state index in [1.165, 1.54) is 25.7 Å². The standard InChI is InChI=1S/C42H72N2O7/c1-24(2)44-20-27(21-44)43-17-18-48-32(22-43)51-31-13-14-41-23-42(41)16-15-39(9)33-25(3)19-28(36(38(7,8)47)49-26(4)45)50-34(33)35(46)40(39,10)30(42)12-11-29(41)37(31,5)6/h24-36,45-47H,11-23H2,1-10H3. The van der Waals surface area contributed by atoms with E-state index in [2.05, 4.69) is 58.3 Å². The average molecular weight is 717 g/mol. The van der Waals surface area contributed by atoms with Crippen LogP contribution in [-0.2, 0) is 18.9 Å². The summed E-state index contributed by atoms with van der Waals surface area (Å²) in [6, 6.07) is 1.24. The fourth-order valence-electron chi connectivity index (χ4n) is 15.0. The lowest BCUT2D eigenvalue weighted by Crippen LogP contribution is -2.64. The van der Waals surface area contributed by atoms with Crippen LogP contribution < -0.4 is 0 Å². The first-order valence-electron chi connectivity index (χ1n) is 20.9. The highest BCUT2D eigenvalue weighted by molar-refractivity contribution is 5.33. The van der Waals surface area contributed by atoms with Crippen LogP contribution in [0.2, 0.25) is 0 Å². The van der Waals surface area contributed by atoms with Gasteiger partial charge >= 0.3 is 0 Å². The Balaban J connectivity index is 0.992. The topological polar surface area (TPSA) is 104 Å². The molecule has 2 spiro atoms. The van der Waals surface area contributed by atoms with Crippen LogP contribution in [-0.4, -0.2) is 119 Å². The van der Waals surface area contributed by atoms with E-state index in [-0.39, 0.29) is 46.1 Å². The largest absolute Gasteiger partial charge is 0.390 e. The summed E-state index contributed by atoms with van der Waals surface area (Å²) in [6.07, 6.45) is 6.17. The Hall–Kier alpha value is -0.360. The average Bonchev–Trinajstić information content (AvgIpc) is 3.64. The fourth-order valence-corrected chi connectivity index (χ4v) is 15.0. The Morgan fingerprint density at radius 1 is 0.922 bits per heavy atom. The minimum absolute atomic E-state index is 0.0317. The van der Waals surface area contributed by atoms with Gasteiger partial charge < -0.3 is 34.3 Å². The van der Waals surface area contributed by atoms with E-state index in [1.54, 1.807) is 20.8 Å². The molecule has 9 heteroatoms. The summed E-state index contributed by atoms with van der Waals surface area (Å²) >= 11 is 0. The maximum absolute atomic E-state index is 12.6. The predicted molar refractivity (Wildman–Crippen MR) is 196 cm³/mol. The number of ether oxygens (including phenoxy) is 4. The van der Waals surface area contributed by atoms with E-state index >= 15 is 0 Å². The highest BCUT2D eigenvalue weighted by Gasteiger charge is 2.84. The molecule has 15 atom stereocenters. The molecule has 0 amide bonds. The van der Waals surface area contributed by atoms with E-state index in [0.717, 1.165) is 58.5 Å². The number of likely N-dealkylation sites (tertiary alicyclic amines) is 1. The normalized spacial score (nSPS) is 51.1. The first-order valence-corrected chi connectivity index (χ1v) is 20.9. The molecule has 292 valence electrons. The van der Waals surface area contributed by atoms with Gasteiger partial charge in [-0.2, -0.15) is 0 Å². The Bertz CT molecular complexity index is 1310. The summed E-state index contributed by atoms with van der Waals surface area (Å²) in [6.45, 7) is 26.8. The van der Waals surface area contributed by atoms with Gasteiger partial charge in [-0.15, -0.1) is 0 Å². The molecule has 15 unspecified atom stereocenters. The van der Waals surface area contributed by atoms with Crippen LogP contribution in [0.1, 0.15) is 121 Å². The molecule has 0 aromatic rings. The van der Waals surface area contributed by atoms with Crippen LogP contribution in [0.3, 0.4) is 0 Å². The minimum atomic E-state index is -1.19. The number of hydrogen-bond donors (Lipinski definition) is 3. The van der Waals surface area contributed by atoms with Crippen molar-refractivity contribution in [3.05, 3.63) is 0 Å². The monoisotopic (exact) mass is 717 g/mol. The third-order valence-corrected chi connectivity index (χ3v) is 17.7. The number of fused-ring (bicyclic) bond motifs is 4. The molecule has 3 aliphatic heterocycles. The molecule has 8 fully saturated rings. The molecule has 0 aromatic carbocycles. The summed E-state index contributed by atoms with van der Waals surface area (Å²) < 4.78 is 26.1. The zero-order valence-electron chi connectivity index (χ0n) is 33.6. The summed E-state index contributed by atoms with van der Waals surface area (Å²) in [7, 11) is 0. The molecule has 0 aromatic heterocycles. The van der Waals surface area contributed by atoms with Gasteiger partial charge in [0.05, 0.1) is 36.6 Å². The highest BCUT2D eigenvalue weighted by atomic mass is 16.7. The molecular formula is C42H72N2O7. The molecule has 3 heterocycles. The van der Waals surface area contributed by atoms with Gasteiger partial charge in [0, 0.05) is 43.7 Å². The van der Waals surface area contributed by atoms with Crippen LogP contribution in [0.5, 0.6) is 0 Å². The van der Waals surface area contributed by atoms with Gasteiger partial charge in [-0.05, 0) is 131 Å². The Morgan fingerprint density at radius 2 is 1.61 bits per heavy atom. The maximum atomic E-state index is 12.6. The van der Waals surface area contributed by atoms with Crippen molar-refractivity contribution in [3.63, 3.8) is 0 Å². The molecule has 0 bridgehead atoms. The zero-order chi connectivity index (χ0) is 36.7. The van der Waals surface area contributed by atoms with Crippen LogP contribution >= 0.6 is 0 Å². The van der Waals surface area contributed by atoms with Crippen molar-refractivity contribution in [1.82, 2.24) is 9.80 Å². The molecule has 5 saturated carbocycles. The highest BCUT2D eigenvalue weighted by Crippen LogP contribution is 2.89. The smallest absolute Gasteiger partial charge is 0.170 e. The first-order chi connectivity index (χ1) is 23.8. The van der Waals surface area contributed by atoms with Crippen LogP contribution in [0.4, 0.5) is 0 Å². The van der Waals surface area contributed by atoms with Crippen molar-refractivity contribution in [1.29, 1.82) is 0 Å². The van der Waals surface area contributed by atoms with Gasteiger partial charge in [-0.1, -0.05) is 34.6 Å². The SMILES string of the molecule is CC(O)OC(C1CC(C)C2C(O1)C(O)C1(C)C3CCC4C(C)(C)C(OC5CN(C6CN(C(C)C)C6)CCO5)CCC45CC35CCC21C)C(C)(C)O. The number of rotatable bonds is 8. The van der Waals surface area contributed by atoms with Crippen LogP contribution in [0.25, 0.3) is 0 Å². The molecular weight excluding hydrogens is 644 g/mol. The van der Waals surface area contributed by atoms with Crippen molar-refractivity contribution in [2.45, 2.75) is 181 Å². The van der Waals surface area contributed by atoms with E-state index in [9.17, 15) is 15.3 Å². The van der Waals surface area contributed by atoms with Crippen LogP contribution in [0.15, 0.2) is 0 Å². The number of morpholine rings is 1. The molecule has 3 N–H and O–H groups in total. The summed E-state index contributed by atoms with van der Waals surface area (Å²) in [5, 5.41) is 33.9. The van der Waals surface area contributed by atoms with Crippen molar-refractivity contribution in [2.24, 2.45) is 50.7 Å². The molecule has 3 saturated heterocycles. The Labute approximate surface area is 308 Å². The van der Waals surface area contributed by atoms with E-state index in [0.29, 0.717) is 35.3 Å². The lowest BCUT2D eigenvalue weighted by molar-refractivity contribution is -0.253. The third kappa shape index (κ3) is 5.31. The van der Waals surface area contributed by atoms with Gasteiger partial charge in [0.1, 0.15) is 6.10 Å². The maximum Gasteiger partial charge on any atom is 0.170 e. The second-order valence-electron chi connectivity index (χ2n) is 21.0. The number of aliphatic hydroxyl groups excluding tert-OH is 2. The number of aliphatic hydroxyl groups is 3. The van der Waals surface area contributed by atoms with E-state index in [1.807, 2.05) is 0 Å². The van der Waals surface area contributed by atoms with Gasteiger partial charge in [0.2, 0.25) is 0 Å². The lowest BCUT2D eigenvalue weighted by atomic mass is 9.41. The van der Waals surface area contributed by atoms with Crippen molar-refractivity contribution >= 4 is 0 Å². The fraction of sp³-hybridized carbons (Fsp3) is 1.00. The Kier molecular flexibility index (Phi) is 9.07. The predicted octanol–water partition coefficient (Wildman–Crippen LogP) is 5.43. The van der Waals surface area contributed by atoms with E-state index in [4.69, 9.17) is 18.9 Å². The molecule has 0 radical (unpaired) electrons. The quantitative estimate of drug-likeness (QED) is 0.284. The van der Waals surface area contributed by atoms with Crippen molar-refractivity contribution in [3.8, 4) is 0 Å². The van der Waals surface area contributed by atoms with Crippen molar-refractivity contribution in [2.75, 3.05) is 32.8 Å². The van der Waals surface area contributed by atoms with Gasteiger partial charge in [0.25, 0.3) is 0 Å². The summed E-state index contributed by atoms with van der Waals surface area (Å²) in [5.41, 5.74) is -0.805. The number of nitrogens with zero attached hydrogens (tertiary/aromatic N) is 2. The molecule has 8 aliphatic rings. The Morgan fingerprint density at radius 3 is 2.27 bits per heavy atom. The zero-order valence-corrected chi connectivity index (χ0v) is 33.6. The first kappa shape index (κ1) is 37.6. The number of hydrogen-bond acceptors (Lipinski definition) is 9. The van der Waals surface area contributed by atoms with E-state index < -0.39 is 30.2 Å². The summed E-state index contributed by atoms with van der Waals surface area (Å²) in [4.78, 5) is 5.17. The van der Waals surface area contributed by atoms with Gasteiger partial charge in [-0.25, -0.2) is 0 Å². The van der Waals surface area contributed by atoms with Crippen LogP contribution in [0, 0.1) is 50.7 Å². The van der Waals surface area contributed by atoms with Gasteiger partial charge in [-0.3, -0.25) is 9.80 Å². The molecule has 51 heavy (non-hydrogen) atoms. The molecule has 9 nitrogen and oxygen atoms in total. The lowest BCUT2D eigenvalue weighted by Gasteiger charge is -2.64.